The van der Waals surface area contributed by atoms with Crippen LogP contribution in [0.5, 0.6) is 0 Å². The number of fused-ring (bicyclic) bond motifs is 1. The fourth-order valence-corrected chi connectivity index (χ4v) is 2.60. The van der Waals surface area contributed by atoms with Crippen LogP contribution in [0.1, 0.15) is 18.5 Å². The summed E-state index contributed by atoms with van der Waals surface area (Å²) in [6.45, 7) is 0. The zero-order valence-corrected chi connectivity index (χ0v) is 11.0. The second-order valence-corrected chi connectivity index (χ2v) is 5.38. The Morgan fingerprint density at radius 2 is 2.06 bits per heavy atom. The molecule has 0 spiro atoms. The Labute approximate surface area is 109 Å². The van der Waals surface area contributed by atoms with Crippen LogP contribution in [0.15, 0.2) is 16.9 Å². The smallest absolute Gasteiger partial charge is 0.330 e. The van der Waals surface area contributed by atoms with Crippen LogP contribution in [0.25, 0.3) is 11.2 Å². The Morgan fingerprint density at radius 3 is 2.61 bits per heavy atom. The van der Waals surface area contributed by atoms with Gasteiger partial charge in [-0.1, -0.05) is 0 Å². The molecule has 2 heterocycles. The van der Waals surface area contributed by atoms with Crippen molar-refractivity contribution < 1.29 is 13.2 Å². The van der Waals surface area contributed by atoms with Crippen molar-refractivity contribution in [3.8, 4) is 0 Å². The van der Waals surface area contributed by atoms with Gasteiger partial charge in [-0.05, 0) is 34.8 Å². The maximum Gasteiger partial charge on any atom is 0.399 e. The van der Waals surface area contributed by atoms with Crippen LogP contribution >= 0.6 is 15.9 Å². The highest BCUT2D eigenvalue weighted by Crippen LogP contribution is 2.59. The highest BCUT2D eigenvalue weighted by atomic mass is 79.9. The summed E-state index contributed by atoms with van der Waals surface area (Å²) in [5.74, 6) is 0. The Kier molecular flexibility index (Phi) is 2.30. The van der Waals surface area contributed by atoms with E-state index in [-0.39, 0.29) is 18.5 Å². The Morgan fingerprint density at radius 1 is 1.39 bits per heavy atom. The standard InChI is InChI=1S/C11H9BrF3N3/c1-18-7(10(2-3-10)11(13,14)15)4-6-9(18)17-8(12)5-16-6/h4-5H,2-3H2,1H3. The molecule has 0 unspecified atom stereocenters. The molecule has 1 aliphatic rings. The van der Waals surface area contributed by atoms with Gasteiger partial charge in [0.15, 0.2) is 5.65 Å². The molecular weight excluding hydrogens is 311 g/mol. The van der Waals surface area contributed by atoms with Crippen molar-refractivity contribution in [1.29, 1.82) is 0 Å². The van der Waals surface area contributed by atoms with Gasteiger partial charge in [-0.2, -0.15) is 13.2 Å². The van der Waals surface area contributed by atoms with Crippen LogP contribution in [0, 0.1) is 0 Å². The molecule has 2 aromatic heterocycles. The van der Waals surface area contributed by atoms with E-state index in [4.69, 9.17) is 0 Å². The maximum atomic E-state index is 13.1. The van der Waals surface area contributed by atoms with Gasteiger partial charge in [-0.25, -0.2) is 4.98 Å². The SMILES string of the molecule is Cn1c(C2(C(F)(F)F)CC2)cc2ncc(Br)nc21. The van der Waals surface area contributed by atoms with E-state index in [1.165, 1.54) is 16.8 Å². The van der Waals surface area contributed by atoms with Gasteiger partial charge in [-0.3, -0.25) is 4.98 Å². The number of aromatic nitrogens is 3. The summed E-state index contributed by atoms with van der Waals surface area (Å²) >= 11 is 3.17. The maximum absolute atomic E-state index is 13.1. The van der Waals surface area contributed by atoms with Crippen LogP contribution in [0.4, 0.5) is 13.2 Å². The molecule has 0 N–H and O–H groups in total. The van der Waals surface area contributed by atoms with Gasteiger partial charge in [0, 0.05) is 12.7 Å². The molecule has 0 bridgehead atoms. The molecule has 0 aromatic carbocycles. The van der Waals surface area contributed by atoms with Gasteiger partial charge in [0.1, 0.15) is 15.5 Å². The van der Waals surface area contributed by atoms with Crippen LogP contribution < -0.4 is 0 Å². The van der Waals surface area contributed by atoms with Crippen molar-refractivity contribution >= 4 is 27.1 Å². The molecule has 3 rings (SSSR count). The zero-order valence-electron chi connectivity index (χ0n) is 9.42. The molecule has 2 aromatic rings. The number of aryl methyl sites for hydroxylation is 1. The first-order valence-electron chi connectivity index (χ1n) is 5.40. The molecule has 1 aliphatic carbocycles. The van der Waals surface area contributed by atoms with E-state index in [9.17, 15) is 13.2 Å². The van der Waals surface area contributed by atoms with Crippen molar-refractivity contribution in [1.82, 2.24) is 14.5 Å². The third-order valence-corrected chi connectivity index (χ3v) is 3.87. The molecule has 7 heteroatoms. The minimum absolute atomic E-state index is 0.141. The lowest BCUT2D eigenvalue weighted by Gasteiger charge is -2.19. The highest BCUT2D eigenvalue weighted by molar-refractivity contribution is 9.10. The topological polar surface area (TPSA) is 30.7 Å². The van der Waals surface area contributed by atoms with Crippen LogP contribution in [0.3, 0.4) is 0 Å². The van der Waals surface area contributed by atoms with Gasteiger partial charge < -0.3 is 4.57 Å². The summed E-state index contributed by atoms with van der Waals surface area (Å²) in [6.07, 6.45) is -2.45. The summed E-state index contributed by atoms with van der Waals surface area (Å²) < 4.78 is 41.3. The Bertz CT molecular complexity index is 628. The van der Waals surface area contributed by atoms with Gasteiger partial charge in [0.05, 0.1) is 6.20 Å². The van der Waals surface area contributed by atoms with Crippen LogP contribution in [-0.2, 0) is 12.5 Å². The third kappa shape index (κ3) is 1.49. The first kappa shape index (κ1) is 12.0. The van der Waals surface area contributed by atoms with E-state index in [0.717, 1.165) is 0 Å². The second-order valence-electron chi connectivity index (χ2n) is 4.57. The van der Waals surface area contributed by atoms with E-state index in [1.807, 2.05) is 0 Å². The predicted molar refractivity (Wildman–Crippen MR) is 63.2 cm³/mol. The molecule has 0 aliphatic heterocycles. The van der Waals surface area contributed by atoms with Crippen LogP contribution in [-0.4, -0.2) is 20.7 Å². The molecule has 0 saturated heterocycles. The summed E-state index contributed by atoms with van der Waals surface area (Å²) in [5, 5.41) is 0. The number of rotatable bonds is 1. The molecule has 1 fully saturated rings. The minimum atomic E-state index is -4.22. The number of halogens is 4. The zero-order chi connectivity index (χ0) is 13.1. The van der Waals surface area contributed by atoms with Crippen molar-refractivity contribution in [3.05, 3.63) is 22.6 Å². The van der Waals surface area contributed by atoms with Gasteiger partial charge in [-0.15, -0.1) is 0 Å². The van der Waals surface area contributed by atoms with E-state index >= 15 is 0 Å². The number of nitrogens with zero attached hydrogens (tertiary/aromatic N) is 3. The summed E-state index contributed by atoms with van der Waals surface area (Å²) in [6, 6.07) is 1.50. The van der Waals surface area contributed by atoms with Crippen LogP contribution in [0.2, 0.25) is 0 Å². The highest BCUT2D eigenvalue weighted by Gasteiger charge is 2.65. The normalized spacial score (nSPS) is 18.3. The van der Waals surface area contributed by atoms with E-state index < -0.39 is 11.6 Å². The number of hydrogen-bond donors (Lipinski definition) is 0. The Balaban J connectivity index is 2.23. The monoisotopic (exact) mass is 319 g/mol. The van der Waals surface area contributed by atoms with Crippen molar-refractivity contribution in [2.75, 3.05) is 0 Å². The van der Waals surface area contributed by atoms with Crippen molar-refractivity contribution in [2.24, 2.45) is 7.05 Å². The molecule has 18 heavy (non-hydrogen) atoms. The first-order chi connectivity index (χ1) is 8.35. The quantitative estimate of drug-likeness (QED) is 0.807. The van der Waals surface area contributed by atoms with Gasteiger partial charge in [0.2, 0.25) is 0 Å². The minimum Gasteiger partial charge on any atom is -0.330 e. The molecule has 0 atom stereocenters. The van der Waals surface area contributed by atoms with Gasteiger partial charge in [0.25, 0.3) is 0 Å². The molecule has 0 amide bonds. The lowest BCUT2D eigenvalue weighted by Crippen LogP contribution is -2.30. The van der Waals surface area contributed by atoms with E-state index in [0.29, 0.717) is 15.8 Å². The summed E-state index contributed by atoms with van der Waals surface area (Å²) in [7, 11) is 1.60. The average Bonchev–Trinajstić information content (AvgIpc) is 3.02. The number of hydrogen-bond acceptors (Lipinski definition) is 2. The van der Waals surface area contributed by atoms with Gasteiger partial charge >= 0.3 is 6.18 Å². The molecule has 3 nitrogen and oxygen atoms in total. The largest absolute Gasteiger partial charge is 0.399 e. The Hall–Kier alpha value is -1.11. The number of alkyl halides is 3. The first-order valence-corrected chi connectivity index (χ1v) is 6.20. The molecule has 96 valence electrons. The lowest BCUT2D eigenvalue weighted by molar-refractivity contribution is -0.162. The molecule has 0 radical (unpaired) electrons. The molecule has 1 saturated carbocycles. The predicted octanol–water partition coefficient (Wildman–Crippen LogP) is 3.32. The fourth-order valence-electron chi connectivity index (χ4n) is 2.33. The third-order valence-electron chi connectivity index (χ3n) is 3.49. The van der Waals surface area contributed by atoms with Crippen molar-refractivity contribution in [3.63, 3.8) is 0 Å². The molecular formula is C11H9BrF3N3. The second kappa shape index (κ2) is 3.46. The average molecular weight is 320 g/mol. The summed E-state index contributed by atoms with van der Waals surface area (Å²) in [5.41, 5.74) is -0.486. The summed E-state index contributed by atoms with van der Waals surface area (Å²) in [4.78, 5) is 8.26. The van der Waals surface area contributed by atoms with E-state index in [1.54, 1.807) is 7.05 Å². The van der Waals surface area contributed by atoms with Crippen molar-refractivity contribution in [2.45, 2.75) is 24.4 Å². The van der Waals surface area contributed by atoms with E-state index in [2.05, 4.69) is 25.9 Å². The lowest BCUT2D eigenvalue weighted by atomic mass is 10.0. The fraction of sp³-hybridized carbons (Fsp3) is 0.455.